The molecule has 1 aliphatic rings. The first-order valence-corrected chi connectivity index (χ1v) is 4.53. The van der Waals surface area contributed by atoms with E-state index in [1.54, 1.807) is 6.20 Å². The van der Waals surface area contributed by atoms with E-state index in [1.807, 2.05) is 16.9 Å². The Morgan fingerprint density at radius 1 is 1.17 bits per heavy atom. The van der Waals surface area contributed by atoms with Crippen LogP contribution in [0.5, 0.6) is 0 Å². The van der Waals surface area contributed by atoms with E-state index in [9.17, 15) is 0 Å². The van der Waals surface area contributed by atoms with Crippen molar-refractivity contribution in [2.24, 2.45) is 0 Å². The highest BCUT2D eigenvalue weighted by atomic mass is 15.4. The van der Waals surface area contributed by atoms with E-state index in [1.165, 1.54) is 32.4 Å². The maximum absolute atomic E-state index is 4.13. The molecule has 1 aromatic rings. The molecular formula is C9H14N3. The van der Waals surface area contributed by atoms with Gasteiger partial charge in [0, 0.05) is 25.5 Å². The average Bonchev–Trinajstić information content (AvgIpc) is 2.59. The third kappa shape index (κ3) is 1.85. The smallest absolute Gasteiger partial charge is 0.140 e. The van der Waals surface area contributed by atoms with Crippen molar-refractivity contribution in [3.8, 4) is 0 Å². The lowest BCUT2D eigenvalue weighted by atomic mass is 10.1. The summed E-state index contributed by atoms with van der Waals surface area (Å²) < 4.78 is 1.87. The van der Waals surface area contributed by atoms with Gasteiger partial charge in [-0.15, -0.1) is 0 Å². The van der Waals surface area contributed by atoms with Crippen molar-refractivity contribution >= 4 is 0 Å². The van der Waals surface area contributed by atoms with Gasteiger partial charge in [-0.2, -0.15) is 5.10 Å². The Hall–Kier alpha value is -0.830. The first kappa shape index (κ1) is 7.80. The second-order valence-electron chi connectivity index (χ2n) is 3.20. The van der Waals surface area contributed by atoms with Crippen LogP contribution in [-0.4, -0.2) is 27.8 Å². The van der Waals surface area contributed by atoms with Crippen molar-refractivity contribution in [2.45, 2.75) is 19.3 Å². The largest absolute Gasteiger partial charge is 0.279 e. The SMILES string of the molecule is [CH](N1CCCCC1)n1cccn1. The zero-order valence-electron chi connectivity index (χ0n) is 7.19. The summed E-state index contributed by atoms with van der Waals surface area (Å²) in [5.74, 6) is 0. The van der Waals surface area contributed by atoms with Gasteiger partial charge in [-0.25, -0.2) is 0 Å². The highest BCUT2D eigenvalue weighted by Gasteiger charge is 2.10. The van der Waals surface area contributed by atoms with Gasteiger partial charge in [0.25, 0.3) is 0 Å². The van der Waals surface area contributed by atoms with E-state index in [0.29, 0.717) is 0 Å². The molecule has 1 radical (unpaired) electrons. The van der Waals surface area contributed by atoms with Crippen molar-refractivity contribution in [3.05, 3.63) is 25.1 Å². The number of rotatable bonds is 2. The first-order valence-electron chi connectivity index (χ1n) is 4.53. The number of aromatic nitrogens is 2. The van der Waals surface area contributed by atoms with Crippen LogP contribution in [0, 0.1) is 6.67 Å². The van der Waals surface area contributed by atoms with Gasteiger partial charge < -0.3 is 0 Å². The van der Waals surface area contributed by atoms with E-state index in [2.05, 4.69) is 16.7 Å². The Morgan fingerprint density at radius 3 is 2.67 bits per heavy atom. The van der Waals surface area contributed by atoms with Crippen LogP contribution in [0.25, 0.3) is 0 Å². The Balaban J connectivity index is 1.86. The minimum atomic E-state index is 1.18. The van der Waals surface area contributed by atoms with Gasteiger partial charge in [0.1, 0.15) is 6.67 Å². The van der Waals surface area contributed by atoms with Gasteiger partial charge in [0.15, 0.2) is 0 Å². The molecule has 1 aromatic heterocycles. The van der Waals surface area contributed by atoms with E-state index in [4.69, 9.17) is 0 Å². The standard InChI is InChI=1S/C9H14N3/c1-2-6-11(7-3-1)9-12-8-4-5-10-12/h4-5,8-9H,1-3,6-7H2. The molecule has 1 aliphatic heterocycles. The molecule has 0 aromatic carbocycles. The van der Waals surface area contributed by atoms with Crippen LogP contribution in [0.15, 0.2) is 18.5 Å². The zero-order valence-corrected chi connectivity index (χ0v) is 7.19. The van der Waals surface area contributed by atoms with Crippen LogP contribution in [0.4, 0.5) is 0 Å². The highest BCUT2D eigenvalue weighted by Crippen LogP contribution is 2.09. The summed E-state index contributed by atoms with van der Waals surface area (Å²) in [6.07, 6.45) is 7.79. The van der Waals surface area contributed by atoms with Gasteiger partial charge in [0.2, 0.25) is 0 Å². The molecule has 1 saturated heterocycles. The highest BCUT2D eigenvalue weighted by molar-refractivity contribution is 4.83. The summed E-state index contributed by atoms with van der Waals surface area (Å²) in [5, 5.41) is 4.13. The fourth-order valence-corrected chi connectivity index (χ4v) is 1.55. The van der Waals surface area contributed by atoms with Crippen LogP contribution in [0.2, 0.25) is 0 Å². The molecule has 65 valence electrons. The van der Waals surface area contributed by atoms with E-state index < -0.39 is 0 Å². The molecule has 0 spiro atoms. The summed E-state index contributed by atoms with van der Waals surface area (Å²) in [6, 6.07) is 1.94. The van der Waals surface area contributed by atoms with Gasteiger partial charge >= 0.3 is 0 Å². The number of likely N-dealkylation sites (tertiary alicyclic amines) is 1. The molecule has 0 unspecified atom stereocenters. The molecule has 2 heterocycles. The molecule has 0 aliphatic carbocycles. The van der Waals surface area contributed by atoms with Crippen LogP contribution >= 0.6 is 0 Å². The van der Waals surface area contributed by atoms with E-state index >= 15 is 0 Å². The Morgan fingerprint density at radius 2 is 2.00 bits per heavy atom. The molecule has 0 bridgehead atoms. The fraction of sp³-hybridized carbons (Fsp3) is 0.556. The summed E-state index contributed by atoms with van der Waals surface area (Å²) in [7, 11) is 0. The number of hydrogen-bond acceptors (Lipinski definition) is 2. The monoisotopic (exact) mass is 164 g/mol. The van der Waals surface area contributed by atoms with Crippen LogP contribution < -0.4 is 0 Å². The molecular weight excluding hydrogens is 150 g/mol. The van der Waals surface area contributed by atoms with Crippen molar-refractivity contribution < 1.29 is 0 Å². The first-order chi connectivity index (χ1) is 5.95. The van der Waals surface area contributed by atoms with Crippen LogP contribution in [-0.2, 0) is 0 Å². The summed E-state index contributed by atoms with van der Waals surface area (Å²) in [6.45, 7) is 4.44. The average molecular weight is 164 g/mol. The quantitative estimate of drug-likeness (QED) is 0.657. The maximum Gasteiger partial charge on any atom is 0.140 e. The number of hydrogen-bond donors (Lipinski definition) is 0. The normalized spacial score (nSPS) is 19.7. The molecule has 3 nitrogen and oxygen atoms in total. The summed E-state index contributed by atoms with van der Waals surface area (Å²) >= 11 is 0. The van der Waals surface area contributed by atoms with E-state index in [-0.39, 0.29) is 0 Å². The Labute approximate surface area is 73.0 Å². The molecule has 0 atom stereocenters. The molecule has 1 fully saturated rings. The van der Waals surface area contributed by atoms with Gasteiger partial charge in [0.05, 0.1) is 0 Å². The second-order valence-corrected chi connectivity index (χ2v) is 3.20. The summed E-state index contributed by atoms with van der Waals surface area (Å²) in [4.78, 5) is 2.33. The zero-order chi connectivity index (χ0) is 8.23. The molecule has 0 N–H and O–H groups in total. The van der Waals surface area contributed by atoms with Gasteiger partial charge in [-0.1, -0.05) is 6.42 Å². The predicted octanol–water partition coefficient (Wildman–Crippen LogP) is 1.34. The van der Waals surface area contributed by atoms with Gasteiger partial charge in [-0.3, -0.25) is 9.58 Å². The minimum Gasteiger partial charge on any atom is -0.279 e. The molecule has 2 rings (SSSR count). The second kappa shape index (κ2) is 3.72. The van der Waals surface area contributed by atoms with Crippen LogP contribution in [0.1, 0.15) is 19.3 Å². The fourth-order valence-electron chi connectivity index (χ4n) is 1.55. The maximum atomic E-state index is 4.13. The van der Waals surface area contributed by atoms with E-state index in [0.717, 1.165) is 0 Å². The topological polar surface area (TPSA) is 21.1 Å². The van der Waals surface area contributed by atoms with Gasteiger partial charge in [-0.05, 0) is 18.9 Å². The van der Waals surface area contributed by atoms with Crippen LogP contribution in [0.3, 0.4) is 0 Å². The van der Waals surface area contributed by atoms with Crippen molar-refractivity contribution in [1.82, 2.24) is 14.7 Å². The lowest BCUT2D eigenvalue weighted by Crippen LogP contribution is -2.30. The molecule has 3 heteroatoms. The molecule has 0 saturated carbocycles. The minimum absolute atomic E-state index is 1.18. The number of piperidine rings is 1. The Bertz CT molecular complexity index is 212. The van der Waals surface area contributed by atoms with Crippen molar-refractivity contribution in [1.29, 1.82) is 0 Å². The number of nitrogens with zero attached hydrogens (tertiary/aromatic N) is 3. The molecule has 12 heavy (non-hydrogen) atoms. The van der Waals surface area contributed by atoms with Crippen molar-refractivity contribution in [3.63, 3.8) is 0 Å². The van der Waals surface area contributed by atoms with Crippen molar-refractivity contribution in [2.75, 3.05) is 13.1 Å². The third-order valence-electron chi connectivity index (χ3n) is 2.20. The predicted molar refractivity (Wildman–Crippen MR) is 47.3 cm³/mol. The third-order valence-corrected chi connectivity index (χ3v) is 2.20. The summed E-state index contributed by atoms with van der Waals surface area (Å²) in [5.41, 5.74) is 0. The molecule has 0 amide bonds. The Kier molecular flexibility index (Phi) is 2.42. The lowest BCUT2D eigenvalue weighted by Gasteiger charge is -2.25. The lowest BCUT2D eigenvalue weighted by molar-refractivity contribution is 0.257.